The van der Waals surface area contributed by atoms with Gasteiger partial charge in [-0.2, -0.15) is 0 Å². The first-order valence-corrected chi connectivity index (χ1v) is 9.15. The van der Waals surface area contributed by atoms with Crippen molar-refractivity contribution in [1.82, 2.24) is 10.4 Å². The van der Waals surface area contributed by atoms with Gasteiger partial charge >= 0.3 is 0 Å². The summed E-state index contributed by atoms with van der Waals surface area (Å²) >= 11 is 0. The topological polar surface area (TPSA) is 95.9 Å². The van der Waals surface area contributed by atoms with Crippen LogP contribution >= 0.6 is 12.4 Å². The smallest absolute Gasteiger partial charge is 0.261 e. The second-order valence-electron chi connectivity index (χ2n) is 5.62. The summed E-state index contributed by atoms with van der Waals surface area (Å²) in [5.74, 6) is -0.0870. The number of rotatable bonds is 7. The first-order valence-electron chi connectivity index (χ1n) is 7.49. The molecule has 0 aliphatic rings. The number of ether oxygens (including phenoxy) is 1. The molecule has 0 unspecified atom stereocenters. The first kappa shape index (κ1) is 21.9. The molecule has 2 rings (SSSR count). The first-order chi connectivity index (χ1) is 11.8. The van der Waals surface area contributed by atoms with Crippen molar-refractivity contribution in [2.45, 2.75) is 10.9 Å². The van der Waals surface area contributed by atoms with Gasteiger partial charge in [-0.05, 0) is 50.5 Å². The lowest BCUT2D eigenvalue weighted by molar-refractivity contribution is -0.133. The van der Waals surface area contributed by atoms with Gasteiger partial charge in [-0.1, -0.05) is 18.2 Å². The number of halogens is 1. The molecular weight excluding hydrogens is 380 g/mol. The summed E-state index contributed by atoms with van der Waals surface area (Å²) in [4.78, 5) is 13.1. The van der Waals surface area contributed by atoms with Crippen LogP contribution in [0.4, 0.5) is 0 Å². The van der Waals surface area contributed by atoms with E-state index in [0.717, 1.165) is 0 Å². The molecule has 0 fully saturated rings. The third kappa shape index (κ3) is 5.70. The van der Waals surface area contributed by atoms with Crippen LogP contribution in [0.2, 0.25) is 0 Å². The van der Waals surface area contributed by atoms with Crippen molar-refractivity contribution in [2.24, 2.45) is 0 Å². The Morgan fingerprint density at radius 2 is 1.62 bits per heavy atom. The third-order valence-corrected chi connectivity index (χ3v) is 5.32. The van der Waals surface area contributed by atoms with Gasteiger partial charge < -0.3 is 4.74 Å². The number of likely N-dealkylation sites (N-methyl/N-ethyl adjacent to an activating group) is 1. The summed E-state index contributed by atoms with van der Waals surface area (Å²) in [6.45, 7) is 0. The molecule has 0 saturated carbocycles. The van der Waals surface area contributed by atoms with Crippen LogP contribution in [0.25, 0.3) is 0 Å². The minimum atomic E-state index is -3.72. The molecular formula is C17H21ClN2O5S. The predicted octanol–water partition coefficient (Wildman–Crippen LogP) is 2.11. The molecule has 142 valence electrons. The maximum Gasteiger partial charge on any atom is 0.261 e. The van der Waals surface area contributed by atoms with Crippen LogP contribution < -0.4 is 10.2 Å². The Kier molecular flexibility index (Phi) is 8.04. The second-order valence-corrected chi connectivity index (χ2v) is 7.66. The zero-order valence-corrected chi connectivity index (χ0v) is 16.0. The summed E-state index contributed by atoms with van der Waals surface area (Å²) in [5, 5.41) is 8.76. The fourth-order valence-electron chi connectivity index (χ4n) is 2.18. The SMILES string of the molecule is CN(C)[C@@H](CS(=O)(=O)c1ccc(Oc2ccccc2)cc1)C(=O)NO.Cl. The summed E-state index contributed by atoms with van der Waals surface area (Å²) in [7, 11) is -0.595. The zero-order chi connectivity index (χ0) is 18.4. The molecule has 0 saturated heterocycles. The summed E-state index contributed by atoms with van der Waals surface area (Å²) < 4.78 is 30.6. The van der Waals surface area contributed by atoms with Crippen LogP contribution in [0.5, 0.6) is 11.5 Å². The van der Waals surface area contributed by atoms with Crippen LogP contribution in [0, 0.1) is 0 Å². The van der Waals surface area contributed by atoms with E-state index in [2.05, 4.69) is 0 Å². The van der Waals surface area contributed by atoms with E-state index < -0.39 is 27.5 Å². The quantitative estimate of drug-likeness (QED) is 0.546. The largest absolute Gasteiger partial charge is 0.457 e. The molecule has 9 heteroatoms. The molecule has 1 amide bonds. The van der Waals surface area contributed by atoms with Crippen molar-refractivity contribution in [3.8, 4) is 11.5 Å². The van der Waals surface area contributed by atoms with Gasteiger partial charge in [0, 0.05) is 0 Å². The molecule has 0 heterocycles. The minimum absolute atomic E-state index is 0. The van der Waals surface area contributed by atoms with Gasteiger partial charge in [0.25, 0.3) is 5.91 Å². The van der Waals surface area contributed by atoms with Gasteiger partial charge in [-0.25, -0.2) is 13.9 Å². The van der Waals surface area contributed by atoms with Gasteiger partial charge in [-0.3, -0.25) is 14.9 Å². The standard InChI is InChI=1S/C17H20N2O5S.ClH/c1-19(2)16(17(20)18-21)12-25(22,23)15-10-8-14(9-11-15)24-13-6-4-3-5-7-13;/h3-11,16,21H,12H2,1-2H3,(H,18,20);1H/t16-;/m0./s1. The van der Waals surface area contributed by atoms with Crippen LogP contribution in [-0.2, 0) is 14.6 Å². The van der Waals surface area contributed by atoms with Crippen molar-refractivity contribution in [2.75, 3.05) is 19.8 Å². The summed E-state index contributed by atoms with van der Waals surface area (Å²) in [5.41, 5.74) is 1.49. The van der Waals surface area contributed by atoms with Crippen LogP contribution in [0.1, 0.15) is 0 Å². The molecule has 7 nitrogen and oxygen atoms in total. The van der Waals surface area contributed by atoms with E-state index in [-0.39, 0.29) is 17.3 Å². The van der Waals surface area contributed by atoms with E-state index in [9.17, 15) is 13.2 Å². The van der Waals surface area contributed by atoms with Crippen molar-refractivity contribution in [3.05, 3.63) is 54.6 Å². The highest BCUT2D eigenvalue weighted by molar-refractivity contribution is 7.91. The Bertz CT molecular complexity index is 811. The maximum atomic E-state index is 12.5. The Morgan fingerprint density at radius 3 is 2.12 bits per heavy atom. The van der Waals surface area contributed by atoms with Crippen molar-refractivity contribution < 1.29 is 23.2 Å². The highest BCUT2D eigenvalue weighted by Crippen LogP contribution is 2.23. The van der Waals surface area contributed by atoms with Gasteiger partial charge in [-0.15, -0.1) is 12.4 Å². The number of para-hydroxylation sites is 1. The molecule has 0 aliphatic carbocycles. The van der Waals surface area contributed by atoms with Crippen LogP contribution in [0.15, 0.2) is 59.5 Å². The molecule has 0 spiro atoms. The number of nitrogens with one attached hydrogen (secondary N) is 1. The second kappa shape index (κ2) is 9.54. The number of hydrogen-bond donors (Lipinski definition) is 2. The Balaban J connectivity index is 0.00000338. The molecule has 0 aromatic heterocycles. The van der Waals surface area contributed by atoms with Gasteiger partial charge in [0.05, 0.1) is 10.6 Å². The van der Waals surface area contributed by atoms with E-state index >= 15 is 0 Å². The molecule has 2 aromatic rings. The Hall–Kier alpha value is -2.13. The highest BCUT2D eigenvalue weighted by atomic mass is 35.5. The van der Waals surface area contributed by atoms with Gasteiger partial charge in [0.1, 0.15) is 17.5 Å². The van der Waals surface area contributed by atoms with Crippen molar-refractivity contribution in [3.63, 3.8) is 0 Å². The fraction of sp³-hybridized carbons (Fsp3) is 0.235. The van der Waals surface area contributed by atoms with E-state index in [1.807, 2.05) is 18.2 Å². The number of hydroxylamine groups is 1. The molecule has 1 atom stereocenters. The number of hydrogen-bond acceptors (Lipinski definition) is 6. The zero-order valence-electron chi connectivity index (χ0n) is 14.3. The lowest BCUT2D eigenvalue weighted by atomic mass is 10.3. The van der Waals surface area contributed by atoms with Gasteiger partial charge in [0.2, 0.25) is 0 Å². The third-order valence-electron chi connectivity index (χ3n) is 3.58. The lowest BCUT2D eigenvalue weighted by Crippen LogP contribution is -2.46. The van der Waals surface area contributed by atoms with Crippen molar-refractivity contribution >= 4 is 28.2 Å². The van der Waals surface area contributed by atoms with E-state index in [1.165, 1.54) is 22.5 Å². The molecule has 2 aromatic carbocycles. The number of amides is 1. The van der Waals surface area contributed by atoms with E-state index in [0.29, 0.717) is 11.5 Å². The Morgan fingerprint density at radius 1 is 1.08 bits per heavy atom. The average molecular weight is 401 g/mol. The van der Waals surface area contributed by atoms with Crippen LogP contribution in [-0.4, -0.2) is 50.3 Å². The Labute approximate surface area is 158 Å². The van der Waals surface area contributed by atoms with Crippen LogP contribution in [0.3, 0.4) is 0 Å². The predicted molar refractivity (Wildman–Crippen MR) is 99.7 cm³/mol. The lowest BCUT2D eigenvalue weighted by Gasteiger charge is -2.21. The van der Waals surface area contributed by atoms with E-state index in [1.54, 1.807) is 38.4 Å². The monoisotopic (exact) mass is 400 g/mol. The molecule has 0 aliphatic heterocycles. The normalized spacial score (nSPS) is 12.2. The number of carbonyl (C=O) groups excluding carboxylic acids is 1. The maximum absolute atomic E-state index is 12.5. The van der Waals surface area contributed by atoms with Gasteiger partial charge in [0.15, 0.2) is 9.84 Å². The summed E-state index contributed by atoms with van der Waals surface area (Å²) in [6.07, 6.45) is 0. The number of benzene rings is 2. The summed E-state index contributed by atoms with van der Waals surface area (Å²) in [6, 6.07) is 14.1. The molecule has 0 radical (unpaired) electrons. The molecule has 2 N–H and O–H groups in total. The molecule has 0 bridgehead atoms. The van der Waals surface area contributed by atoms with Crippen molar-refractivity contribution in [1.29, 1.82) is 0 Å². The number of carbonyl (C=O) groups is 1. The minimum Gasteiger partial charge on any atom is -0.457 e. The number of nitrogens with zero attached hydrogens (tertiary/aromatic N) is 1. The van der Waals surface area contributed by atoms with E-state index in [4.69, 9.17) is 9.94 Å². The molecule has 26 heavy (non-hydrogen) atoms. The fourth-order valence-corrected chi connectivity index (χ4v) is 3.79. The average Bonchev–Trinajstić information content (AvgIpc) is 2.60. The number of sulfone groups is 1. The highest BCUT2D eigenvalue weighted by Gasteiger charge is 2.28.